The van der Waals surface area contributed by atoms with E-state index in [1.165, 1.54) is 10.8 Å². The van der Waals surface area contributed by atoms with Crippen LogP contribution in [0.4, 0.5) is 0 Å². The Morgan fingerprint density at radius 3 is 2.40 bits per heavy atom. The molecule has 0 fully saturated rings. The molecule has 0 saturated carbocycles. The molecule has 0 radical (unpaired) electrons. The third kappa shape index (κ3) is 1.77. The first-order chi connectivity index (χ1) is 7.20. The average Bonchev–Trinajstić information content (AvgIpc) is 2.27. The van der Waals surface area contributed by atoms with Gasteiger partial charge >= 0.3 is 0 Å². The van der Waals surface area contributed by atoms with E-state index in [4.69, 9.17) is 5.73 Å². The topological polar surface area (TPSA) is 26.0 Å². The van der Waals surface area contributed by atoms with Crippen LogP contribution in [-0.2, 0) is 0 Å². The minimum absolute atomic E-state index is 0.602. The first kappa shape index (κ1) is 9.53. The van der Waals surface area contributed by atoms with Gasteiger partial charge in [0.2, 0.25) is 0 Å². The van der Waals surface area contributed by atoms with Crippen LogP contribution in [0.15, 0.2) is 49.6 Å². The van der Waals surface area contributed by atoms with E-state index in [9.17, 15) is 0 Å². The number of nitrogens with two attached hydrogens (primary N) is 1. The quantitative estimate of drug-likeness (QED) is 0.780. The number of rotatable bonds is 2. The Kier molecular flexibility index (Phi) is 2.30. The van der Waals surface area contributed by atoms with Gasteiger partial charge in [-0.2, -0.15) is 0 Å². The van der Waals surface area contributed by atoms with Gasteiger partial charge in [0.25, 0.3) is 0 Å². The Morgan fingerprint density at radius 2 is 1.73 bits per heavy atom. The summed E-state index contributed by atoms with van der Waals surface area (Å²) in [6, 6.07) is 12.3. The monoisotopic (exact) mass is 195 g/mol. The van der Waals surface area contributed by atoms with Gasteiger partial charge in [-0.15, -0.1) is 0 Å². The fourth-order valence-corrected chi connectivity index (χ4v) is 1.59. The molecule has 0 spiro atoms. The molecule has 0 atom stereocenters. The predicted molar refractivity (Wildman–Crippen MR) is 67.3 cm³/mol. The number of benzene rings is 2. The fourth-order valence-electron chi connectivity index (χ4n) is 1.59. The Balaban J connectivity index is 2.64. The maximum atomic E-state index is 5.65. The minimum Gasteiger partial charge on any atom is -0.399 e. The van der Waals surface area contributed by atoms with Crippen molar-refractivity contribution < 1.29 is 0 Å². The summed E-state index contributed by atoms with van der Waals surface area (Å²) in [6.45, 7) is 7.48. The molecule has 0 aliphatic rings. The van der Waals surface area contributed by atoms with E-state index in [2.05, 4.69) is 31.4 Å². The second-order valence-corrected chi connectivity index (χ2v) is 3.55. The van der Waals surface area contributed by atoms with Crippen LogP contribution >= 0.6 is 0 Å². The summed E-state index contributed by atoms with van der Waals surface area (Å²) in [5.74, 6) is 0. The van der Waals surface area contributed by atoms with Gasteiger partial charge in [-0.1, -0.05) is 43.5 Å². The first-order valence-electron chi connectivity index (χ1n) is 4.82. The lowest BCUT2D eigenvalue weighted by Crippen LogP contribution is -1.93. The molecule has 0 heterocycles. The SMILES string of the molecule is C=Cc1ccc2cc(C(=C)N)ccc2c1. The van der Waals surface area contributed by atoms with Crippen molar-refractivity contribution in [3.8, 4) is 0 Å². The molecule has 0 aromatic heterocycles. The zero-order valence-electron chi connectivity index (χ0n) is 8.53. The highest BCUT2D eigenvalue weighted by molar-refractivity contribution is 5.87. The van der Waals surface area contributed by atoms with E-state index in [-0.39, 0.29) is 0 Å². The summed E-state index contributed by atoms with van der Waals surface area (Å²) in [7, 11) is 0. The normalized spacial score (nSPS) is 10.1. The molecule has 2 aromatic carbocycles. The largest absolute Gasteiger partial charge is 0.399 e. The third-order valence-corrected chi connectivity index (χ3v) is 2.47. The van der Waals surface area contributed by atoms with E-state index >= 15 is 0 Å². The van der Waals surface area contributed by atoms with Crippen molar-refractivity contribution in [2.24, 2.45) is 5.73 Å². The van der Waals surface area contributed by atoms with Crippen molar-refractivity contribution >= 4 is 22.5 Å². The summed E-state index contributed by atoms with van der Waals surface area (Å²) in [6.07, 6.45) is 1.84. The molecule has 2 aromatic rings. The van der Waals surface area contributed by atoms with E-state index in [1.807, 2.05) is 24.3 Å². The van der Waals surface area contributed by atoms with Crippen molar-refractivity contribution in [1.82, 2.24) is 0 Å². The highest BCUT2D eigenvalue weighted by Gasteiger charge is 1.97. The van der Waals surface area contributed by atoms with E-state index < -0.39 is 0 Å². The summed E-state index contributed by atoms with van der Waals surface area (Å²) in [5, 5.41) is 2.36. The zero-order chi connectivity index (χ0) is 10.8. The molecule has 74 valence electrons. The summed E-state index contributed by atoms with van der Waals surface area (Å²) in [4.78, 5) is 0. The van der Waals surface area contributed by atoms with Gasteiger partial charge in [0, 0.05) is 5.70 Å². The molecule has 0 bridgehead atoms. The van der Waals surface area contributed by atoms with E-state index in [1.54, 1.807) is 0 Å². The highest BCUT2D eigenvalue weighted by atomic mass is 14.6. The highest BCUT2D eigenvalue weighted by Crippen LogP contribution is 2.20. The Hall–Kier alpha value is -2.02. The molecule has 0 aliphatic carbocycles. The smallest absolute Gasteiger partial charge is 0.0314 e. The summed E-state index contributed by atoms with van der Waals surface area (Å²) >= 11 is 0. The van der Waals surface area contributed by atoms with Crippen LogP contribution in [-0.4, -0.2) is 0 Å². The molecule has 2 N–H and O–H groups in total. The van der Waals surface area contributed by atoms with Crippen molar-refractivity contribution in [1.29, 1.82) is 0 Å². The molecule has 0 aliphatic heterocycles. The zero-order valence-corrected chi connectivity index (χ0v) is 8.53. The maximum absolute atomic E-state index is 5.65. The van der Waals surface area contributed by atoms with Crippen LogP contribution < -0.4 is 5.73 Å². The van der Waals surface area contributed by atoms with Crippen LogP contribution in [0.2, 0.25) is 0 Å². The summed E-state index contributed by atoms with van der Waals surface area (Å²) < 4.78 is 0. The van der Waals surface area contributed by atoms with Gasteiger partial charge in [-0.05, 0) is 34.0 Å². The molecule has 1 heteroatoms. The molecule has 2 rings (SSSR count). The Bertz CT molecular complexity index is 538. The lowest BCUT2D eigenvalue weighted by atomic mass is 10.0. The van der Waals surface area contributed by atoms with Crippen molar-refractivity contribution in [3.63, 3.8) is 0 Å². The molecule has 0 saturated heterocycles. The second-order valence-electron chi connectivity index (χ2n) is 3.55. The van der Waals surface area contributed by atoms with Gasteiger partial charge in [0.05, 0.1) is 0 Å². The molecule has 1 nitrogen and oxygen atoms in total. The lowest BCUT2D eigenvalue weighted by molar-refractivity contribution is 1.56. The van der Waals surface area contributed by atoms with Crippen LogP contribution in [0.5, 0.6) is 0 Å². The van der Waals surface area contributed by atoms with Crippen LogP contribution in [0.25, 0.3) is 22.5 Å². The summed E-state index contributed by atoms with van der Waals surface area (Å²) in [5.41, 5.74) is 8.36. The van der Waals surface area contributed by atoms with Gasteiger partial charge in [-0.25, -0.2) is 0 Å². The molecule has 0 unspecified atom stereocenters. The van der Waals surface area contributed by atoms with E-state index in [0.717, 1.165) is 11.1 Å². The van der Waals surface area contributed by atoms with Crippen molar-refractivity contribution in [2.75, 3.05) is 0 Å². The van der Waals surface area contributed by atoms with Gasteiger partial charge in [-0.3, -0.25) is 0 Å². The lowest BCUT2D eigenvalue weighted by Gasteiger charge is -2.03. The third-order valence-electron chi connectivity index (χ3n) is 2.47. The number of fused-ring (bicyclic) bond motifs is 1. The second kappa shape index (κ2) is 3.62. The Labute approximate surface area is 89.5 Å². The van der Waals surface area contributed by atoms with Crippen molar-refractivity contribution in [2.45, 2.75) is 0 Å². The number of hydrogen-bond donors (Lipinski definition) is 1. The standard InChI is InChI=1S/C14H13N/c1-3-11-4-5-14-9-12(10(2)15)6-7-13(14)8-11/h3-9H,1-2,15H2. The van der Waals surface area contributed by atoms with Crippen LogP contribution in [0, 0.1) is 0 Å². The minimum atomic E-state index is 0.602. The van der Waals surface area contributed by atoms with Crippen LogP contribution in [0.3, 0.4) is 0 Å². The van der Waals surface area contributed by atoms with Gasteiger partial charge < -0.3 is 5.73 Å². The van der Waals surface area contributed by atoms with Crippen molar-refractivity contribution in [3.05, 3.63) is 60.7 Å². The van der Waals surface area contributed by atoms with E-state index in [0.29, 0.717) is 5.70 Å². The molecular weight excluding hydrogens is 182 g/mol. The number of hydrogen-bond acceptors (Lipinski definition) is 1. The average molecular weight is 195 g/mol. The molecular formula is C14H13N. The molecule has 0 amide bonds. The fraction of sp³-hybridized carbons (Fsp3) is 0. The van der Waals surface area contributed by atoms with Gasteiger partial charge in [0.15, 0.2) is 0 Å². The maximum Gasteiger partial charge on any atom is 0.0314 e. The first-order valence-corrected chi connectivity index (χ1v) is 4.82. The predicted octanol–water partition coefficient (Wildman–Crippen LogP) is 3.41. The van der Waals surface area contributed by atoms with Gasteiger partial charge in [0.1, 0.15) is 0 Å². The van der Waals surface area contributed by atoms with Crippen LogP contribution in [0.1, 0.15) is 11.1 Å². The Morgan fingerprint density at radius 1 is 1.07 bits per heavy atom. The molecule has 15 heavy (non-hydrogen) atoms.